The summed E-state index contributed by atoms with van der Waals surface area (Å²) in [5.41, 5.74) is 0. The first-order valence-corrected chi connectivity index (χ1v) is 7.89. The molecule has 0 aromatic rings. The molecule has 0 radical (unpaired) electrons. The molecule has 1 N–H and O–H groups in total. The van der Waals surface area contributed by atoms with E-state index in [0.717, 1.165) is 0 Å². The van der Waals surface area contributed by atoms with Gasteiger partial charge in [0.05, 0.1) is 32.0 Å². The van der Waals surface area contributed by atoms with Crippen molar-refractivity contribution in [2.75, 3.05) is 33.4 Å². The van der Waals surface area contributed by atoms with Gasteiger partial charge in [-0.15, -0.1) is 0 Å². The molecule has 0 aliphatic rings. The molecular formula is C12H27O7P. The van der Waals surface area contributed by atoms with E-state index in [1.165, 1.54) is 0 Å². The zero-order valence-electron chi connectivity index (χ0n) is 12.7. The van der Waals surface area contributed by atoms with Crippen LogP contribution in [0.2, 0.25) is 0 Å². The first-order valence-electron chi connectivity index (χ1n) is 6.67. The molecule has 8 heteroatoms. The predicted molar refractivity (Wildman–Crippen MR) is 74.7 cm³/mol. The summed E-state index contributed by atoms with van der Waals surface area (Å²) in [4.78, 5) is 0. The molecule has 0 fully saturated rings. The minimum absolute atomic E-state index is 0.0701. The lowest BCUT2D eigenvalue weighted by atomic mass is 10.2. The Labute approximate surface area is 121 Å². The molecular weight excluding hydrogens is 287 g/mol. The summed E-state index contributed by atoms with van der Waals surface area (Å²) in [5, 5.41) is 9.14. The molecule has 0 bridgehead atoms. The third-order valence-electron chi connectivity index (χ3n) is 2.04. The summed E-state index contributed by atoms with van der Waals surface area (Å²) >= 11 is 0. The van der Waals surface area contributed by atoms with Crippen molar-refractivity contribution < 1.29 is 32.9 Å². The van der Waals surface area contributed by atoms with Gasteiger partial charge in [0.15, 0.2) is 6.79 Å². The summed E-state index contributed by atoms with van der Waals surface area (Å²) in [6.07, 6.45) is -0.0493. The van der Waals surface area contributed by atoms with Crippen LogP contribution in [-0.4, -0.2) is 50.7 Å². The Bertz CT molecular complexity index is 248. The van der Waals surface area contributed by atoms with Crippen molar-refractivity contribution in [3.63, 3.8) is 0 Å². The maximum atomic E-state index is 11.2. The van der Waals surface area contributed by atoms with E-state index in [9.17, 15) is 4.57 Å². The molecule has 0 aromatic carbocycles. The van der Waals surface area contributed by atoms with E-state index in [2.05, 4.69) is 0 Å². The van der Waals surface area contributed by atoms with Crippen molar-refractivity contribution in [1.82, 2.24) is 0 Å². The zero-order valence-corrected chi connectivity index (χ0v) is 13.7. The first kappa shape index (κ1) is 20.0. The van der Waals surface area contributed by atoms with Gasteiger partial charge < -0.3 is 23.8 Å². The fraction of sp³-hybridized carbons (Fsp3) is 1.00. The maximum Gasteiger partial charge on any atom is 0.321 e. The lowest BCUT2D eigenvalue weighted by molar-refractivity contribution is -0.102. The second-order valence-electron chi connectivity index (χ2n) is 4.80. The van der Waals surface area contributed by atoms with E-state index < -0.39 is 8.25 Å². The van der Waals surface area contributed by atoms with E-state index in [-0.39, 0.29) is 44.9 Å². The lowest BCUT2D eigenvalue weighted by Gasteiger charge is -2.15. The number of hydrogen-bond donors (Lipinski definition) is 1. The second-order valence-corrected chi connectivity index (χ2v) is 5.83. The highest BCUT2D eigenvalue weighted by Crippen LogP contribution is 2.25. The Morgan fingerprint density at radius 3 is 2.10 bits per heavy atom. The molecule has 0 aliphatic heterocycles. The van der Waals surface area contributed by atoms with E-state index >= 15 is 0 Å². The van der Waals surface area contributed by atoms with Crippen molar-refractivity contribution in [3.05, 3.63) is 0 Å². The standard InChI is InChI=1S/C12H27O7P/c1-10(2)17-8-15-6-12(5-13)7-16-9-18-20(14)19-11(3)4/h10-13,20H,5-9H2,1-4H3. The normalized spacial score (nSPS) is 14.9. The average molecular weight is 314 g/mol. The average Bonchev–Trinajstić information content (AvgIpc) is 2.35. The van der Waals surface area contributed by atoms with Crippen molar-refractivity contribution in [3.8, 4) is 0 Å². The molecule has 0 saturated carbocycles. The molecule has 0 aromatic heterocycles. The van der Waals surface area contributed by atoms with Crippen LogP contribution >= 0.6 is 8.25 Å². The Balaban J connectivity index is 3.56. The highest BCUT2D eigenvalue weighted by Gasteiger charge is 2.09. The van der Waals surface area contributed by atoms with Gasteiger partial charge in [-0.05, 0) is 27.7 Å². The van der Waals surface area contributed by atoms with Gasteiger partial charge in [0.1, 0.15) is 6.79 Å². The topological polar surface area (TPSA) is 83.5 Å². The molecule has 0 amide bonds. The number of rotatable bonds is 13. The molecule has 0 saturated heterocycles. The Morgan fingerprint density at radius 2 is 1.60 bits per heavy atom. The third kappa shape index (κ3) is 13.0. The Morgan fingerprint density at radius 1 is 1.00 bits per heavy atom. The first-order chi connectivity index (χ1) is 9.45. The smallest absolute Gasteiger partial charge is 0.321 e. The van der Waals surface area contributed by atoms with Gasteiger partial charge in [-0.25, -0.2) is 0 Å². The maximum absolute atomic E-state index is 11.2. The zero-order chi connectivity index (χ0) is 15.4. The molecule has 0 spiro atoms. The van der Waals surface area contributed by atoms with Gasteiger partial charge in [0.25, 0.3) is 0 Å². The summed E-state index contributed by atoms with van der Waals surface area (Å²) in [7, 11) is -2.51. The van der Waals surface area contributed by atoms with Gasteiger partial charge in [-0.3, -0.25) is 9.09 Å². The third-order valence-corrected chi connectivity index (χ3v) is 3.06. The molecule has 2 unspecified atom stereocenters. The highest BCUT2D eigenvalue weighted by atomic mass is 31.1. The summed E-state index contributed by atoms with van der Waals surface area (Å²) < 4.78 is 36.6. The number of aliphatic hydroxyl groups is 1. The molecule has 2 atom stereocenters. The number of ether oxygens (including phenoxy) is 3. The van der Waals surface area contributed by atoms with Crippen LogP contribution < -0.4 is 0 Å². The Hall–Kier alpha value is -0.0100. The second kappa shape index (κ2) is 12.7. The number of hydrogen-bond acceptors (Lipinski definition) is 7. The van der Waals surface area contributed by atoms with Crippen LogP contribution in [0.1, 0.15) is 27.7 Å². The summed E-state index contributed by atoms with van der Waals surface area (Å²) in [5.74, 6) is -0.178. The van der Waals surface area contributed by atoms with Gasteiger partial charge in [0, 0.05) is 5.92 Å². The van der Waals surface area contributed by atoms with Crippen LogP contribution in [0.4, 0.5) is 0 Å². The molecule has 122 valence electrons. The fourth-order valence-corrected chi connectivity index (χ4v) is 1.72. The summed E-state index contributed by atoms with van der Waals surface area (Å²) in [6.45, 7) is 7.90. The predicted octanol–water partition coefficient (Wildman–Crippen LogP) is 1.80. The molecule has 0 aliphatic carbocycles. The van der Waals surface area contributed by atoms with E-state index in [1.54, 1.807) is 13.8 Å². The van der Waals surface area contributed by atoms with E-state index in [0.29, 0.717) is 6.61 Å². The molecule has 0 rings (SSSR count). The van der Waals surface area contributed by atoms with E-state index in [1.807, 2.05) is 13.8 Å². The van der Waals surface area contributed by atoms with Crippen molar-refractivity contribution in [2.45, 2.75) is 39.9 Å². The van der Waals surface area contributed by atoms with Gasteiger partial charge in [0.2, 0.25) is 0 Å². The van der Waals surface area contributed by atoms with Crippen LogP contribution in [-0.2, 0) is 27.8 Å². The van der Waals surface area contributed by atoms with Gasteiger partial charge in [-0.2, -0.15) is 0 Å². The van der Waals surface area contributed by atoms with Crippen LogP contribution in [0.5, 0.6) is 0 Å². The van der Waals surface area contributed by atoms with Crippen LogP contribution in [0.25, 0.3) is 0 Å². The highest BCUT2D eigenvalue weighted by molar-refractivity contribution is 7.33. The molecule has 20 heavy (non-hydrogen) atoms. The monoisotopic (exact) mass is 314 g/mol. The van der Waals surface area contributed by atoms with Crippen LogP contribution in [0.3, 0.4) is 0 Å². The van der Waals surface area contributed by atoms with Crippen molar-refractivity contribution in [1.29, 1.82) is 0 Å². The van der Waals surface area contributed by atoms with Gasteiger partial charge in [-0.1, -0.05) is 0 Å². The van der Waals surface area contributed by atoms with Crippen LogP contribution in [0.15, 0.2) is 0 Å². The minimum Gasteiger partial charge on any atom is -0.396 e. The largest absolute Gasteiger partial charge is 0.396 e. The molecule has 7 nitrogen and oxygen atoms in total. The minimum atomic E-state index is -2.51. The van der Waals surface area contributed by atoms with E-state index in [4.69, 9.17) is 28.4 Å². The van der Waals surface area contributed by atoms with Crippen molar-refractivity contribution >= 4 is 8.25 Å². The molecule has 0 heterocycles. The summed E-state index contributed by atoms with van der Waals surface area (Å²) in [6, 6.07) is 0. The fourth-order valence-electron chi connectivity index (χ4n) is 1.08. The SMILES string of the molecule is CC(C)OCOCC(CO)COCO[PH](=O)OC(C)C. The van der Waals surface area contributed by atoms with Crippen molar-refractivity contribution in [2.24, 2.45) is 5.92 Å². The quantitative estimate of drug-likeness (QED) is 0.315. The Kier molecular flexibility index (Phi) is 12.7. The van der Waals surface area contributed by atoms with Crippen LogP contribution in [0, 0.1) is 5.92 Å². The lowest BCUT2D eigenvalue weighted by Crippen LogP contribution is -2.22. The number of aliphatic hydroxyl groups excluding tert-OH is 1. The van der Waals surface area contributed by atoms with Gasteiger partial charge >= 0.3 is 8.25 Å².